The van der Waals surface area contributed by atoms with Crippen molar-refractivity contribution in [1.82, 2.24) is 4.90 Å². The molecule has 0 unspecified atom stereocenters. The van der Waals surface area contributed by atoms with E-state index in [9.17, 15) is 9.59 Å². The highest BCUT2D eigenvalue weighted by molar-refractivity contribution is 8.26. The van der Waals surface area contributed by atoms with Crippen LogP contribution in [0, 0.1) is 11.8 Å². The third-order valence-electron chi connectivity index (χ3n) is 6.73. The Bertz CT molecular complexity index is 854. The number of aliphatic carboxylic acids is 1. The number of benzene rings is 1. The zero-order chi connectivity index (χ0) is 21.8. The molecule has 1 N–H and O–H groups in total. The van der Waals surface area contributed by atoms with Crippen molar-refractivity contribution in [2.24, 2.45) is 11.8 Å². The van der Waals surface area contributed by atoms with Crippen molar-refractivity contribution in [2.75, 3.05) is 24.5 Å². The van der Waals surface area contributed by atoms with Crippen LogP contribution >= 0.6 is 24.0 Å². The van der Waals surface area contributed by atoms with Crippen molar-refractivity contribution >= 4 is 51.9 Å². The van der Waals surface area contributed by atoms with E-state index in [2.05, 4.69) is 17.0 Å². The number of piperidine rings is 1. The van der Waals surface area contributed by atoms with E-state index in [1.807, 2.05) is 12.1 Å². The van der Waals surface area contributed by atoms with Crippen molar-refractivity contribution in [3.8, 4) is 0 Å². The second-order valence-electron chi connectivity index (χ2n) is 8.92. The van der Waals surface area contributed by atoms with Crippen LogP contribution in [0.4, 0.5) is 5.69 Å². The molecule has 1 aromatic carbocycles. The van der Waals surface area contributed by atoms with E-state index in [-0.39, 0.29) is 5.91 Å². The van der Waals surface area contributed by atoms with Crippen LogP contribution in [0.25, 0.3) is 6.08 Å². The quantitative estimate of drug-likeness (QED) is 0.469. The number of rotatable bonds is 6. The maximum absolute atomic E-state index is 12.4. The fourth-order valence-electron chi connectivity index (χ4n) is 5.03. The molecule has 7 heteroatoms. The second kappa shape index (κ2) is 10.2. The number of hydrogen-bond donors (Lipinski definition) is 1. The first kappa shape index (κ1) is 22.3. The van der Waals surface area contributed by atoms with Gasteiger partial charge in [-0.2, -0.15) is 0 Å². The Labute approximate surface area is 193 Å². The number of thioether (sulfide) groups is 1. The third-order valence-corrected chi connectivity index (χ3v) is 8.11. The first-order valence-corrected chi connectivity index (χ1v) is 12.5. The molecule has 31 heavy (non-hydrogen) atoms. The Kier molecular flexibility index (Phi) is 7.33. The van der Waals surface area contributed by atoms with E-state index < -0.39 is 12.5 Å². The maximum Gasteiger partial charge on any atom is 0.323 e. The van der Waals surface area contributed by atoms with Gasteiger partial charge in [-0.3, -0.25) is 14.5 Å². The molecule has 166 valence electrons. The number of anilines is 1. The Morgan fingerprint density at radius 1 is 1.06 bits per heavy atom. The molecule has 2 saturated heterocycles. The van der Waals surface area contributed by atoms with Gasteiger partial charge in [0, 0.05) is 18.8 Å². The predicted molar refractivity (Wildman–Crippen MR) is 130 cm³/mol. The van der Waals surface area contributed by atoms with Gasteiger partial charge >= 0.3 is 5.97 Å². The van der Waals surface area contributed by atoms with Crippen LogP contribution in [-0.4, -0.2) is 45.8 Å². The predicted octanol–water partition coefficient (Wildman–Crippen LogP) is 5.16. The van der Waals surface area contributed by atoms with Crippen molar-refractivity contribution < 1.29 is 14.7 Å². The number of hydrogen-bond acceptors (Lipinski definition) is 5. The SMILES string of the molecule is O=C(O)CN1C(=O)C(=Cc2ccc(N3CCC(CC4CCCCC4)CC3)cc2)SC1=S. The van der Waals surface area contributed by atoms with Gasteiger partial charge in [0.15, 0.2) is 0 Å². The van der Waals surface area contributed by atoms with Gasteiger partial charge < -0.3 is 10.0 Å². The summed E-state index contributed by atoms with van der Waals surface area (Å²) in [6.07, 6.45) is 13.0. The molecule has 0 spiro atoms. The van der Waals surface area contributed by atoms with E-state index in [0.29, 0.717) is 9.23 Å². The monoisotopic (exact) mass is 458 g/mol. The van der Waals surface area contributed by atoms with Crippen LogP contribution in [0.3, 0.4) is 0 Å². The molecule has 3 fully saturated rings. The molecule has 2 aliphatic heterocycles. The van der Waals surface area contributed by atoms with Crippen LogP contribution in [0.5, 0.6) is 0 Å². The van der Waals surface area contributed by atoms with Crippen molar-refractivity contribution in [3.05, 3.63) is 34.7 Å². The van der Waals surface area contributed by atoms with E-state index in [1.54, 1.807) is 6.08 Å². The van der Waals surface area contributed by atoms with Gasteiger partial charge in [0.1, 0.15) is 10.9 Å². The van der Waals surface area contributed by atoms with Gasteiger partial charge in [0.2, 0.25) is 0 Å². The van der Waals surface area contributed by atoms with Gasteiger partial charge in [0.25, 0.3) is 5.91 Å². The number of thiocarbonyl (C=S) groups is 1. The molecule has 0 atom stereocenters. The van der Waals surface area contributed by atoms with Gasteiger partial charge in [-0.1, -0.05) is 68.2 Å². The summed E-state index contributed by atoms with van der Waals surface area (Å²) in [5, 5.41) is 8.95. The Balaban J connectivity index is 1.32. The number of nitrogens with zero attached hydrogens (tertiary/aromatic N) is 2. The molecule has 3 aliphatic rings. The minimum absolute atomic E-state index is 0.298. The average molecular weight is 459 g/mol. The lowest BCUT2D eigenvalue weighted by Gasteiger charge is -2.35. The van der Waals surface area contributed by atoms with Crippen LogP contribution in [-0.2, 0) is 9.59 Å². The molecule has 0 aromatic heterocycles. The second-order valence-corrected chi connectivity index (χ2v) is 10.6. The summed E-state index contributed by atoms with van der Waals surface area (Å²) >= 11 is 6.31. The van der Waals surface area contributed by atoms with E-state index in [4.69, 9.17) is 17.3 Å². The summed E-state index contributed by atoms with van der Waals surface area (Å²) in [5.41, 5.74) is 2.15. The highest BCUT2D eigenvalue weighted by atomic mass is 32.2. The molecule has 2 heterocycles. The summed E-state index contributed by atoms with van der Waals surface area (Å²) in [6.45, 7) is 1.84. The number of carbonyl (C=O) groups is 2. The summed E-state index contributed by atoms with van der Waals surface area (Å²) in [6, 6.07) is 8.27. The molecule has 1 amide bonds. The maximum atomic E-state index is 12.4. The van der Waals surface area contributed by atoms with Gasteiger partial charge in [-0.15, -0.1) is 0 Å². The van der Waals surface area contributed by atoms with Gasteiger partial charge in [-0.25, -0.2) is 0 Å². The molecule has 5 nitrogen and oxygen atoms in total. The van der Waals surface area contributed by atoms with Crippen molar-refractivity contribution in [3.63, 3.8) is 0 Å². The summed E-state index contributed by atoms with van der Waals surface area (Å²) < 4.78 is 0.298. The minimum atomic E-state index is -1.07. The van der Waals surface area contributed by atoms with E-state index in [0.717, 1.165) is 47.2 Å². The smallest absolute Gasteiger partial charge is 0.323 e. The molecular formula is C24H30N2O3S2. The lowest BCUT2D eigenvalue weighted by molar-refractivity contribution is -0.140. The van der Waals surface area contributed by atoms with Gasteiger partial charge in [0.05, 0.1) is 4.91 Å². The Morgan fingerprint density at radius 2 is 1.71 bits per heavy atom. The molecule has 1 saturated carbocycles. The fourth-order valence-corrected chi connectivity index (χ4v) is 6.28. The summed E-state index contributed by atoms with van der Waals surface area (Å²) in [4.78, 5) is 27.4. The Hall–Kier alpha value is -1.86. The number of carboxylic acids is 1. The summed E-state index contributed by atoms with van der Waals surface area (Å²) in [5.74, 6) is 0.449. The molecule has 1 aromatic rings. The molecule has 4 rings (SSSR count). The van der Waals surface area contributed by atoms with Gasteiger partial charge in [-0.05, 0) is 54.9 Å². The van der Waals surface area contributed by atoms with Crippen molar-refractivity contribution in [2.45, 2.75) is 51.4 Å². The highest BCUT2D eigenvalue weighted by Gasteiger charge is 2.33. The summed E-state index contributed by atoms with van der Waals surface area (Å²) in [7, 11) is 0. The standard InChI is InChI=1S/C24H30N2O3S2/c27-22(28)16-26-23(29)21(31-24(26)30)15-18-6-8-20(9-7-18)25-12-10-19(11-13-25)14-17-4-2-1-3-5-17/h6-9,15,17,19H,1-5,10-14,16H2,(H,27,28). The highest BCUT2D eigenvalue weighted by Crippen LogP contribution is 2.35. The lowest BCUT2D eigenvalue weighted by atomic mass is 9.80. The van der Waals surface area contributed by atoms with Crippen LogP contribution < -0.4 is 4.90 Å². The van der Waals surface area contributed by atoms with E-state index in [1.165, 1.54) is 57.1 Å². The lowest BCUT2D eigenvalue weighted by Crippen LogP contribution is -2.34. The van der Waals surface area contributed by atoms with Crippen LogP contribution in [0.2, 0.25) is 0 Å². The number of carboxylic acid groups (broad SMARTS) is 1. The largest absolute Gasteiger partial charge is 0.480 e. The zero-order valence-corrected chi connectivity index (χ0v) is 19.4. The minimum Gasteiger partial charge on any atom is -0.480 e. The first-order chi connectivity index (χ1) is 15.0. The fraction of sp³-hybridized carbons (Fsp3) is 0.542. The molecule has 0 radical (unpaired) electrons. The molecule has 1 aliphatic carbocycles. The first-order valence-electron chi connectivity index (χ1n) is 11.3. The average Bonchev–Trinajstić information content (AvgIpc) is 3.02. The topological polar surface area (TPSA) is 60.9 Å². The number of amides is 1. The molecule has 0 bridgehead atoms. The molecular weight excluding hydrogens is 428 g/mol. The van der Waals surface area contributed by atoms with E-state index >= 15 is 0 Å². The zero-order valence-electron chi connectivity index (χ0n) is 17.8. The van der Waals surface area contributed by atoms with Crippen LogP contribution in [0.15, 0.2) is 29.2 Å². The normalized spacial score (nSPS) is 22.5. The Morgan fingerprint density at radius 3 is 2.35 bits per heavy atom. The van der Waals surface area contributed by atoms with Crippen LogP contribution in [0.1, 0.15) is 56.9 Å². The number of carbonyl (C=O) groups excluding carboxylic acids is 1. The third kappa shape index (κ3) is 5.69. The van der Waals surface area contributed by atoms with Crippen molar-refractivity contribution in [1.29, 1.82) is 0 Å².